The first kappa shape index (κ1) is 17.7. The number of nitrogens with one attached hydrogen (secondary N) is 1. The predicted molar refractivity (Wildman–Crippen MR) is 94.1 cm³/mol. The second kappa shape index (κ2) is 8.82. The van der Waals surface area contributed by atoms with Crippen LogP contribution < -0.4 is 19.5 Å². The predicted octanol–water partition coefficient (Wildman–Crippen LogP) is 3.67. The van der Waals surface area contributed by atoms with Gasteiger partial charge in [-0.2, -0.15) is 0 Å². The fourth-order valence-corrected chi connectivity index (χ4v) is 2.45. The van der Waals surface area contributed by atoms with E-state index >= 15 is 0 Å². The van der Waals surface area contributed by atoms with Gasteiger partial charge in [0.25, 0.3) is 0 Å². The summed E-state index contributed by atoms with van der Waals surface area (Å²) in [6.07, 6.45) is 1.97. The van der Waals surface area contributed by atoms with Crippen molar-refractivity contribution in [3.8, 4) is 17.2 Å². The normalized spacial score (nSPS) is 10.1. The summed E-state index contributed by atoms with van der Waals surface area (Å²) in [5, 5.41) is 2.88. The van der Waals surface area contributed by atoms with Crippen molar-refractivity contribution in [3.05, 3.63) is 48.0 Å². The quantitative estimate of drug-likeness (QED) is 0.803. The number of methoxy groups -OCH3 is 3. The van der Waals surface area contributed by atoms with E-state index in [4.69, 9.17) is 14.2 Å². The number of amides is 1. The third-order valence-electron chi connectivity index (χ3n) is 3.70. The number of para-hydroxylation sites is 2. The van der Waals surface area contributed by atoms with Crippen molar-refractivity contribution in [2.45, 2.75) is 19.3 Å². The number of ether oxygens (including phenoxy) is 3. The lowest BCUT2D eigenvalue weighted by Crippen LogP contribution is -2.12. The van der Waals surface area contributed by atoms with E-state index in [0.29, 0.717) is 29.4 Å². The Labute approximate surface area is 142 Å². The van der Waals surface area contributed by atoms with Gasteiger partial charge in [0.1, 0.15) is 5.75 Å². The van der Waals surface area contributed by atoms with Crippen LogP contribution in [0.3, 0.4) is 0 Å². The van der Waals surface area contributed by atoms with E-state index < -0.39 is 0 Å². The van der Waals surface area contributed by atoms with Crippen molar-refractivity contribution in [2.75, 3.05) is 26.6 Å². The molecule has 0 heterocycles. The first-order valence-electron chi connectivity index (χ1n) is 7.81. The van der Waals surface area contributed by atoms with Gasteiger partial charge >= 0.3 is 0 Å². The van der Waals surface area contributed by atoms with Crippen LogP contribution in [0.15, 0.2) is 42.5 Å². The van der Waals surface area contributed by atoms with Crippen molar-refractivity contribution in [1.82, 2.24) is 0 Å². The zero-order chi connectivity index (χ0) is 17.4. The Hall–Kier alpha value is -2.69. The number of carbonyl (C=O) groups excluding carboxylic acids is 1. The fourth-order valence-electron chi connectivity index (χ4n) is 2.45. The molecule has 1 N–H and O–H groups in total. The van der Waals surface area contributed by atoms with Gasteiger partial charge in [-0.15, -0.1) is 0 Å². The summed E-state index contributed by atoms with van der Waals surface area (Å²) in [5.41, 5.74) is 1.80. The van der Waals surface area contributed by atoms with E-state index in [1.165, 1.54) is 0 Å². The maximum Gasteiger partial charge on any atom is 0.224 e. The highest BCUT2D eigenvalue weighted by atomic mass is 16.5. The van der Waals surface area contributed by atoms with Crippen LogP contribution in [0.25, 0.3) is 0 Å². The topological polar surface area (TPSA) is 56.8 Å². The first-order chi connectivity index (χ1) is 11.7. The molecule has 5 heteroatoms. The molecule has 0 spiro atoms. The van der Waals surface area contributed by atoms with E-state index in [1.54, 1.807) is 21.3 Å². The van der Waals surface area contributed by atoms with Crippen LogP contribution in [-0.4, -0.2) is 27.2 Å². The molecule has 0 aliphatic carbocycles. The standard InChI is InChI=1S/C19H23NO4/c1-22-16-9-5-4-8-15(16)20-19(21)10-6-7-14-11-12-17(23-2)18(13-14)24-3/h4-5,8-9,11-13H,6-7,10H2,1-3H3,(H,20,21). The van der Waals surface area contributed by atoms with Gasteiger partial charge in [0.2, 0.25) is 5.91 Å². The molecule has 2 rings (SSSR count). The largest absolute Gasteiger partial charge is 0.495 e. The molecule has 2 aromatic carbocycles. The molecular weight excluding hydrogens is 306 g/mol. The van der Waals surface area contributed by atoms with E-state index in [1.807, 2.05) is 42.5 Å². The molecule has 0 fully saturated rings. The SMILES string of the molecule is COc1ccccc1NC(=O)CCCc1ccc(OC)c(OC)c1. The molecule has 0 aromatic heterocycles. The molecule has 0 aliphatic heterocycles. The van der Waals surface area contributed by atoms with E-state index in [2.05, 4.69) is 5.32 Å². The van der Waals surface area contributed by atoms with Crippen LogP contribution in [0, 0.1) is 0 Å². The summed E-state index contributed by atoms with van der Waals surface area (Å²) in [6, 6.07) is 13.2. The maximum atomic E-state index is 12.1. The number of anilines is 1. The van der Waals surface area contributed by atoms with Crippen LogP contribution >= 0.6 is 0 Å². The minimum atomic E-state index is -0.0278. The van der Waals surface area contributed by atoms with Gasteiger partial charge in [0.15, 0.2) is 11.5 Å². The van der Waals surface area contributed by atoms with E-state index in [0.717, 1.165) is 18.4 Å². The molecule has 0 saturated heterocycles. The summed E-state index contributed by atoms with van der Waals surface area (Å²) in [4.78, 5) is 12.1. The summed E-state index contributed by atoms with van der Waals surface area (Å²) >= 11 is 0. The fraction of sp³-hybridized carbons (Fsp3) is 0.316. The molecule has 1 amide bonds. The van der Waals surface area contributed by atoms with Crippen molar-refractivity contribution < 1.29 is 19.0 Å². The van der Waals surface area contributed by atoms with Gasteiger partial charge in [-0.05, 0) is 42.7 Å². The van der Waals surface area contributed by atoms with Crippen molar-refractivity contribution in [1.29, 1.82) is 0 Å². The number of hydrogen-bond donors (Lipinski definition) is 1. The summed E-state index contributed by atoms with van der Waals surface area (Å²) in [5.74, 6) is 2.04. The van der Waals surface area contributed by atoms with Crippen molar-refractivity contribution in [2.24, 2.45) is 0 Å². The van der Waals surface area contributed by atoms with Crippen LogP contribution in [-0.2, 0) is 11.2 Å². The van der Waals surface area contributed by atoms with Gasteiger partial charge in [-0.3, -0.25) is 4.79 Å². The zero-order valence-corrected chi connectivity index (χ0v) is 14.3. The molecule has 0 saturated carbocycles. The Kier molecular flexibility index (Phi) is 6.49. The van der Waals surface area contributed by atoms with Crippen LogP contribution in [0.5, 0.6) is 17.2 Å². The second-order valence-electron chi connectivity index (χ2n) is 5.29. The molecule has 0 unspecified atom stereocenters. The molecule has 2 aromatic rings. The summed E-state index contributed by atoms with van der Waals surface area (Å²) < 4.78 is 15.7. The minimum Gasteiger partial charge on any atom is -0.495 e. The molecule has 24 heavy (non-hydrogen) atoms. The molecule has 0 radical (unpaired) electrons. The average molecular weight is 329 g/mol. The number of hydrogen-bond acceptors (Lipinski definition) is 4. The van der Waals surface area contributed by atoms with Gasteiger partial charge in [-0.1, -0.05) is 18.2 Å². The van der Waals surface area contributed by atoms with Crippen molar-refractivity contribution >= 4 is 11.6 Å². The van der Waals surface area contributed by atoms with Crippen molar-refractivity contribution in [3.63, 3.8) is 0 Å². The first-order valence-corrected chi connectivity index (χ1v) is 7.81. The lowest BCUT2D eigenvalue weighted by Gasteiger charge is -2.11. The summed E-state index contributed by atoms with van der Waals surface area (Å²) in [6.45, 7) is 0. The van der Waals surface area contributed by atoms with Gasteiger partial charge < -0.3 is 19.5 Å². The minimum absolute atomic E-state index is 0.0278. The maximum absolute atomic E-state index is 12.1. The van der Waals surface area contributed by atoms with E-state index in [9.17, 15) is 4.79 Å². The lowest BCUT2D eigenvalue weighted by atomic mass is 10.1. The summed E-state index contributed by atoms with van der Waals surface area (Å²) in [7, 11) is 4.81. The van der Waals surface area contributed by atoms with Gasteiger partial charge in [0, 0.05) is 6.42 Å². The van der Waals surface area contributed by atoms with E-state index in [-0.39, 0.29) is 5.91 Å². The Morgan fingerprint density at radius 2 is 1.62 bits per heavy atom. The monoisotopic (exact) mass is 329 g/mol. The smallest absolute Gasteiger partial charge is 0.224 e. The van der Waals surface area contributed by atoms with Crippen LogP contribution in [0.2, 0.25) is 0 Å². The molecule has 0 aliphatic rings. The number of benzene rings is 2. The van der Waals surface area contributed by atoms with Crippen LogP contribution in [0.4, 0.5) is 5.69 Å². The zero-order valence-electron chi connectivity index (χ0n) is 14.3. The highest BCUT2D eigenvalue weighted by Gasteiger charge is 2.08. The Bertz CT molecular complexity index is 685. The van der Waals surface area contributed by atoms with Crippen LogP contribution in [0.1, 0.15) is 18.4 Å². The molecule has 128 valence electrons. The molecule has 0 bridgehead atoms. The third kappa shape index (κ3) is 4.65. The second-order valence-corrected chi connectivity index (χ2v) is 5.29. The van der Waals surface area contributed by atoms with Gasteiger partial charge in [-0.25, -0.2) is 0 Å². The lowest BCUT2D eigenvalue weighted by molar-refractivity contribution is -0.116. The Morgan fingerprint density at radius 3 is 2.33 bits per heavy atom. The highest BCUT2D eigenvalue weighted by molar-refractivity contribution is 5.92. The number of aryl methyl sites for hydroxylation is 1. The molecular formula is C19H23NO4. The number of carbonyl (C=O) groups is 1. The third-order valence-corrected chi connectivity index (χ3v) is 3.70. The molecule has 0 atom stereocenters. The Morgan fingerprint density at radius 1 is 0.917 bits per heavy atom. The Balaban J connectivity index is 1.86. The average Bonchev–Trinajstić information content (AvgIpc) is 2.62. The van der Waals surface area contributed by atoms with Gasteiger partial charge in [0.05, 0.1) is 27.0 Å². The highest BCUT2D eigenvalue weighted by Crippen LogP contribution is 2.28. The number of rotatable bonds is 8. The molecule has 5 nitrogen and oxygen atoms in total.